The smallest absolute Gasteiger partial charge is 0.243 e. The number of amides is 1. The molecule has 1 N–H and O–H groups in total. The minimum atomic E-state index is -3.86. The molecule has 1 heterocycles. The number of hydrogen-bond donors (Lipinski definition) is 1. The molecule has 2 aromatic carbocycles. The topological polar surface area (TPSA) is 104 Å². The van der Waals surface area contributed by atoms with Crippen LogP contribution in [0.5, 0.6) is 0 Å². The third-order valence-electron chi connectivity index (χ3n) is 5.23. The molecule has 0 radical (unpaired) electrons. The molecule has 0 bridgehead atoms. The Balaban J connectivity index is 1.63. The average molecular weight is 500 g/mol. The molecule has 0 spiro atoms. The van der Waals surface area contributed by atoms with Crippen molar-refractivity contribution < 1.29 is 21.6 Å². The molecule has 1 amide bonds. The summed E-state index contributed by atoms with van der Waals surface area (Å²) in [5, 5.41) is 3.01. The van der Waals surface area contributed by atoms with Gasteiger partial charge in [-0.1, -0.05) is 24.4 Å². The van der Waals surface area contributed by atoms with Crippen LogP contribution < -0.4 is 5.32 Å². The minimum absolute atomic E-state index is 0.0280. The number of nitrogens with one attached hydrogen (secondary N) is 1. The normalized spacial score (nSPS) is 16.0. The molecule has 3 rings (SSSR count). The largest absolute Gasteiger partial charge is 0.325 e. The molecule has 0 aliphatic carbocycles. The molecule has 174 valence electrons. The van der Waals surface area contributed by atoms with E-state index in [1.165, 1.54) is 59.9 Å². The lowest BCUT2D eigenvalue weighted by molar-refractivity contribution is -0.116. The van der Waals surface area contributed by atoms with Crippen molar-refractivity contribution in [3.05, 3.63) is 53.6 Å². The monoisotopic (exact) mass is 499 g/mol. The molecule has 0 saturated carbocycles. The molecule has 0 aromatic heterocycles. The first kappa shape index (κ1) is 24.7. The zero-order chi connectivity index (χ0) is 23.4. The van der Waals surface area contributed by atoms with Gasteiger partial charge in [-0.05, 0) is 61.4 Å². The summed E-state index contributed by atoms with van der Waals surface area (Å²) in [7, 11) is -6.13. The van der Waals surface area contributed by atoms with Gasteiger partial charge in [0.25, 0.3) is 0 Å². The maximum absolute atomic E-state index is 12.8. The Kier molecular flexibility index (Phi) is 7.94. The van der Waals surface area contributed by atoms with Gasteiger partial charge in [0.05, 0.1) is 16.3 Å². The van der Waals surface area contributed by atoms with Crippen LogP contribution in [0.1, 0.15) is 25.7 Å². The molecule has 1 aliphatic heterocycles. The van der Waals surface area contributed by atoms with E-state index in [4.69, 9.17) is 11.6 Å². The SMILES string of the molecule is CN(CC(=O)Nc1ccc(S(=O)(=O)N2CCCCCC2)cc1)S(=O)(=O)c1ccc(Cl)cc1. The van der Waals surface area contributed by atoms with Crippen LogP contribution in [0.3, 0.4) is 0 Å². The molecular formula is C21H26ClN3O5S2. The molecular weight excluding hydrogens is 474 g/mol. The van der Waals surface area contributed by atoms with Crippen molar-refractivity contribution in [3.63, 3.8) is 0 Å². The molecule has 1 aliphatic rings. The number of rotatable bonds is 7. The van der Waals surface area contributed by atoms with Gasteiger partial charge in [0.15, 0.2) is 0 Å². The first-order valence-electron chi connectivity index (χ1n) is 10.2. The molecule has 32 heavy (non-hydrogen) atoms. The predicted octanol–water partition coefficient (Wildman–Crippen LogP) is 3.16. The third kappa shape index (κ3) is 5.87. The highest BCUT2D eigenvalue weighted by atomic mass is 35.5. The summed E-state index contributed by atoms with van der Waals surface area (Å²) in [5.74, 6) is -0.548. The average Bonchev–Trinajstić information content (AvgIpc) is 3.04. The Hall–Kier alpha value is -1.98. The molecule has 0 atom stereocenters. The predicted molar refractivity (Wildman–Crippen MR) is 124 cm³/mol. The highest BCUT2D eigenvalue weighted by Crippen LogP contribution is 2.22. The Bertz CT molecular complexity index is 1140. The number of nitrogens with zero attached hydrogens (tertiary/aromatic N) is 2. The molecule has 0 unspecified atom stereocenters. The number of hydrogen-bond acceptors (Lipinski definition) is 5. The van der Waals surface area contributed by atoms with Crippen LogP contribution in [0.2, 0.25) is 5.02 Å². The molecule has 8 nitrogen and oxygen atoms in total. The number of sulfonamides is 2. The van der Waals surface area contributed by atoms with Crippen molar-refractivity contribution in [2.45, 2.75) is 35.5 Å². The summed E-state index contributed by atoms with van der Waals surface area (Å²) in [6, 6.07) is 11.6. The maximum atomic E-state index is 12.8. The number of benzene rings is 2. The summed E-state index contributed by atoms with van der Waals surface area (Å²) in [6.07, 6.45) is 3.75. The van der Waals surface area contributed by atoms with Crippen molar-refractivity contribution in [2.24, 2.45) is 0 Å². The van der Waals surface area contributed by atoms with Gasteiger partial charge >= 0.3 is 0 Å². The van der Waals surface area contributed by atoms with E-state index >= 15 is 0 Å². The Morgan fingerprint density at radius 3 is 2.00 bits per heavy atom. The van der Waals surface area contributed by atoms with Crippen molar-refractivity contribution >= 4 is 43.2 Å². The molecule has 1 saturated heterocycles. The van der Waals surface area contributed by atoms with E-state index in [9.17, 15) is 21.6 Å². The zero-order valence-electron chi connectivity index (χ0n) is 17.7. The van der Waals surface area contributed by atoms with Crippen LogP contribution in [-0.4, -0.2) is 58.0 Å². The maximum Gasteiger partial charge on any atom is 0.243 e. The standard InChI is InChI=1S/C21H26ClN3O5S2/c1-24(31(27,28)19-10-6-17(22)7-11-19)16-21(26)23-18-8-12-20(13-9-18)32(29,30)25-14-4-2-3-5-15-25/h6-13H,2-5,14-16H2,1H3,(H,23,26). The fourth-order valence-corrected chi connectivity index (χ4v) is 6.19. The van der Waals surface area contributed by atoms with Gasteiger partial charge in [0.1, 0.15) is 0 Å². The lowest BCUT2D eigenvalue weighted by Crippen LogP contribution is -2.35. The first-order valence-corrected chi connectivity index (χ1v) is 13.5. The second-order valence-corrected chi connectivity index (χ2v) is 12.0. The van der Waals surface area contributed by atoms with Gasteiger partial charge in [0, 0.05) is 30.8 Å². The van der Waals surface area contributed by atoms with Crippen LogP contribution in [0.4, 0.5) is 5.69 Å². The van der Waals surface area contributed by atoms with Crippen LogP contribution in [0.25, 0.3) is 0 Å². The fourth-order valence-electron chi connectivity index (χ4n) is 3.42. The highest BCUT2D eigenvalue weighted by Gasteiger charge is 2.25. The van der Waals surface area contributed by atoms with E-state index in [1.54, 1.807) is 0 Å². The van der Waals surface area contributed by atoms with E-state index in [0.29, 0.717) is 23.8 Å². The van der Waals surface area contributed by atoms with Crippen molar-refractivity contribution in [1.82, 2.24) is 8.61 Å². The van der Waals surface area contributed by atoms with Gasteiger partial charge in [-0.2, -0.15) is 8.61 Å². The Morgan fingerprint density at radius 2 is 1.44 bits per heavy atom. The Morgan fingerprint density at radius 1 is 0.906 bits per heavy atom. The van der Waals surface area contributed by atoms with Crippen LogP contribution in [0, 0.1) is 0 Å². The van der Waals surface area contributed by atoms with Gasteiger partial charge in [0.2, 0.25) is 26.0 Å². The van der Waals surface area contributed by atoms with Crippen LogP contribution >= 0.6 is 11.6 Å². The van der Waals surface area contributed by atoms with E-state index < -0.39 is 32.5 Å². The number of likely N-dealkylation sites (N-methyl/N-ethyl adjacent to an activating group) is 1. The lowest BCUT2D eigenvalue weighted by Gasteiger charge is -2.20. The van der Waals surface area contributed by atoms with Crippen LogP contribution in [0.15, 0.2) is 58.3 Å². The first-order chi connectivity index (χ1) is 15.1. The van der Waals surface area contributed by atoms with Crippen molar-refractivity contribution in [3.8, 4) is 0 Å². The zero-order valence-corrected chi connectivity index (χ0v) is 20.1. The van der Waals surface area contributed by atoms with Gasteiger partial charge in [-0.15, -0.1) is 0 Å². The summed E-state index contributed by atoms with van der Waals surface area (Å²) < 4.78 is 53.3. The van der Waals surface area contributed by atoms with E-state index in [1.807, 2.05) is 0 Å². The summed E-state index contributed by atoms with van der Waals surface area (Å²) >= 11 is 5.79. The fraction of sp³-hybridized carbons (Fsp3) is 0.381. The van der Waals surface area contributed by atoms with Crippen LogP contribution in [-0.2, 0) is 24.8 Å². The number of carbonyl (C=O) groups excluding carboxylic acids is 1. The van der Waals surface area contributed by atoms with E-state index in [-0.39, 0.29) is 9.79 Å². The van der Waals surface area contributed by atoms with Crippen molar-refractivity contribution in [2.75, 3.05) is 32.0 Å². The second kappa shape index (κ2) is 10.3. The van der Waals surface area contributed by atoms with E-state index in [0.717, 1.165) is 30.0 Å². The van der Waals surface area contributed by atoms with E-state index in [2.05, 4.69) is 5.32 Å². The second-order valence-electron chi connectivity index (χ2n) is 7.61. The highest BCUT2D eigenvalue weighted by molar-refractivity contribution is 7.89. The minimum Gasteiger partial charge on any atom is -0.325 e. The third-order valence-corrected chi connectivity index (χ3v) is 9.21. The summed E-state index contributed by atoms with van der Waals surface area (Å²) in [6.45, 7) is 0.614. The number of anilines is 1. The van der Waals surface area contributed by atoms with Gasteiger partial charge < -0.3 is 5.32 Å². The van der Waals surface area contributed by atoms with Crippen molar-refractivity contribution in [1.29, 1.82) is 0 Å². The quantitative estimate of drug-likeness (QED) is 0.630. The summed E-state index contributed by atoms with van der Waals surface area (Å²) in [4.78, 5) is 12.6. The Labute approximate surface area is 194 Å². The molecule has 1 fully saturated rings. The lowest BCUT2D eigenvalue weighted by atomic mass is 10.2. The molecule has 2 aromatic rings. The number of halogens is 1. The van der Waals surface area contributed by atoms with Gasteiger partial charge in [-0.3, -0.25) is 4.79 Å². The molecule has 11 heteroatoms. The summed E-state index contributed by atoms with van der Waals surface area (Å²) in [5.41, 5.74) is 0.377. The van der Waals surface area contributed by atoms with Gasteiger partial charge in [-0.25, -0.2) is 16.8 Å². The number of carbonyl (C=O) groups is 1.